The summed E-state index contributed by atoms with van der Waals surface area (Å²) < 4.78 is 12.9. The van der Waals surface area contributed by atoms with Crippen molar-refractivity contribution in [2.24, 2.45) is 0 Å². The Hall–Kier alpha value is -1.16. The SMILES string of the molecule is O=C(NC1(CCl)CCC1)c1cncc(F)c1. The van der Waals surface area contributed by atoms with Crippen LogP contribution >= 0.6 is 11.6 Å². The maximum absolute atomic E-state index is 12.9. The number of carbonyl (C=O) groups excluding carboxylic acids is 1. The van der Waals surface area contributed by atoms with Gasteiger partial charge in [-0.15, -0.1) is 11.6 Å². The zero-order valence-electron chi connectivity index (χ0n) is 8.67. The first-order valence-electron chi connectivity index (χ1n) is 5.14. The number of carbonyl (C=O) groups is 1. The molecule has 1 aromatic heterocycles. The number of hydrogen-bond donors (Lipinski definition) is 1. The van der Waals surface area contributed by atoms with Crippen LogP contribution < -0.4 is 5.32 Å². The maximum Gasteiger partial charge on any atom is 0.253 e. The highest BCUT2D eigenvalue weighted by Crippen LogP contribution is 2.33. The fourth-order valence-electron chi connectivity index (χ4n) is 1.74. The molecule has 3 nitrogen and oxygen atoms in total. The van der Waals surface area contributed by atoms with Crippen LogP contribution in [-0.4, -0.2) is 22.3 Å². The maximum atomic E-state index is 12.9. The van der Waals surface area contributed by atoms with Crippen molar-refractivity contribution in [3.8, 4) is 0 Å². The third kappa shape index (κ3) is 2.16. The van der Waals surface area contributed by atoms with Gasteiger partial charge in [0.15, 0.2) is 0 Å². The first-order valence-corrected chi connectivity index (χ1v) is 5.68. The lowest BCUT2D eigenvalue weighted by atomic mass is 9.78. The number of alkyl halides is 1. The molecule has 1 aliphatic carbocycles. The Balaban J connectivity index is 2.08. The molecule has 2 rings (SSSR count). The van der Waals surface area contributed by atoms with Gasteiger partial charge >= 0.3 is 0 Å². The number of amides is 1. The minimum atomic E-state index is -0.513. The van der Waals surface area contributed by atoms with Gasteiger partial charge in [-0.05, 0) is 25.3 Å². The summed E-state index contributed by atoms with van der Waals surface area (Å²) in [5.74, 6) is -0.435. The molecule has 0 aliphatic heterocycles. The molecule has 16 heavy (non-hydrogen) atoms. The topological polar surface area (TPSA) is 42.0 Å². The van der Waals surface area contributed by atoms with Crippen molar-refractivity contribution in [3.05, 3.63) is 29.8 Å². The monoisotopic (exact) mass is 242 g/mol. The Bertz CT molecular complexity index is 401. The number of nitrogens with zero attached hydrogens (tertiary/aromatic N) is 1. The molecule has 1 N–H and O–H groups in total. The lowest BCUT2D eigenvalue weighted by molar-refractivity contribution is 0.0853. The Morgan fingerprint density at radius 1 is 1.56 bits per heavy atom. The molecule has 1 heterocycles. The van der Waals surface area contributed by atoms with Crippen molar-refractivity contribution in [3.63, 3.8) is 0 Å². The molecular weight excluding hydrogens is 231 g/mol. The van der Waals surface area contributed by atoms with E-state index in [0.717, 1.165) is 25.5 Å². The van der Waals surface area contributed by atoms with E-state index in [9.17, 15) is 9.18 Å². The molecule has 1 aromatic rings. The zero-order chi connectivity index (χ0) is 11.6. The Kier molecular flexibility index (Phi) is 3.10. The first kappa shape index (κ1) is 11.3. The molecular formula is C11H12ClFN2O. The van der Waals surface area contributed by atoms with Crippen LogP contribution in [0.2, 0.25) is 0 Å². The summed E-state index contributed by atoms with van der Waals surface area (Å²) in [7, 11) is 0. The van der Waals surface area contributed by atoms with E-state index in [2.05, 4.69) is 10.3 Å². The summed E-state index contributed by atoms with van der Waals surface area (Å²) in [5.41, 5.74) is -0.0679. The van der Waals surface area contributed by atoms with Crippen molar-refractivity contribution in [2.45, 2.75) is 24.8 Å². The highest BCUT2D eigenvalue weighted by atomic mass is 35.5. The second-order valence-corrected chi connectivity index (χ2v) is 4.38. The van der Waals surface area contributed by atoms with Crippen LogP contribution in [0, 0.1) is 5.82 Å². The van der Waals surface area contributed by atoms with E-state index in [1.54, 1.807) is 0 Å². The van der Waals surface area contributed by atoms with Crippen LogP contribution in [0.3, 0.4) is 0 Å². The van der Waals surface area contributed by atoms with Gasteiger partial charge in [-0.2, -0.15) is 0 Å². The molecule has 1 fully saturated rings. The van der Waals surface area contributed by atoms with Crippen molar-refractivity contribution >= 4 is 17.5 Å². The number of hydrogen-bond acceptors (Lipinski definition) is 2. The molecule has 0 unspecified atom stereocenters. The number of nitrogens with one attached hydrogen (secondary N) is 1. The average Bonchev–Trinajstić information content (AvgIpc) is 2.23. The minimum absolute atomic E-state index is 0.233. The van der Waals surface area contributed by atoms with Gasteiger partial charge < -0.3 is 5.32 Å². The fourth-order valence-corrected chi connectivity index (χ4v) is 2.08. The molecule has 1 amide bonds. The predicted octanol–water partition coefficient (Wildman–Crippen LogP) is 2.11. The van der Waals surface area contributed by atoms with Crippen molar-refractivity contribution in [1.29, 1.82) is 0 Å². The Labute approximate surface area is 98.0 Å². The summed E-state index contributed by atoms with van der Waals surface area (Å²) in [5, 5.41) is 2.85. The molecule has 0 spiro atoms. The van der Waals surface area contributed by atoms with Crippen molar-refractivity contribution < 1.29 is 9.18 Å². The molecule has 5 heteroatoms. The summed E-state index contributed by atoms with van der Waals surface area (Å²) in [6.45, 7) is 0. The molecule has 86 valence electrons. The summed E-state index contributed by atoms with van der Waals surface area (Å²) in [6.07, 6.45) is 5.24. The van der Waals surface area contributed by atoms with Gasteiger partial charge in [0.1, 0.15) is 5.82 Å². The van der Waals surface area contributed by atoms with Gasteiger partial charge in [0.2, 0.25) is 0 Å². The Morgan fingerprint density at radius 2 is 2.31 bits per heavy atom. The number of pyridine rings is 1. The average molecular weight is 243 g/mol. The normalized spacial score (nSPS) is 17.6. The van der Waals surface area contributed by atoms with Crippen LogP contribution in [0.5, 0.6) is 0 Å². The number of halogens is 2. The molecule has 0 bridgehead atoms. The van der Waals surface area contributed by atoms with E-state index >= 15 is 0 Å². The fraction of sp³-hybridized carbons (Fsp3) is 0.455. The lowest BCUT2D eigenvalue weighted by Gasteiger charge is -2.40. The van der Waals surface area contributed by atoms with E-state index < -0.39 is 5.82 Å². The Morgan fingerprint density at radius 3 is 2.81 bits per heavy atom. The van der Waals surface area contributed by atoms with Gasteiger partial charge in [-0.25, -0.2) is 4.39 Å². The van der Waals surface area contributed by atoms with Crippen LogP contribution in [0.4, 0.5) is 4.39 Å². The molecule has 1 aliphatic rings. The van der Waals surface area contributed by atoms with Crippen LogP contribution in [-0.2, 0) is 0 Å². The summed E-state index contributed by atoms with van der Waals surface area (Å²) in [4.78, 5) is 15.4. The highest BCUT2D eigenvalue weighted by molar-refractivity contribution is 6.19. The van der Waals surface area contributed by atoms with Gasteiger partial charge in [-0.3, -0.25) is 9.78 Å². The van der Waals surface area contributed by atoms with Gasteiger partial charge in [0, 0.05) is 12.1 Å². The molecule has 0 saturated heterocycles. The van der Waals surface area contributed by atoms with Crippen LogP contribution in [0.25, 0.3) is 0 Å². The largest absolute Gasteiger partial charge is 0.345 e. The number of rotatable bonds is 3. The van der Waals surface area contributed by atoms with Gasteiger partial charge in [0.05, 0.1) is 17.3 Å². The van der Waals surface area contributed by atoms with E-state index in [1.807, 2.05) is 0 Å². The molecule has 0 aromatic carbocycles. The number of aromatic nitrogens is 1. The smallest absolute Gasteiger partial charge is 0.253 e. The molecule has 0 radical (unpaired) electrons. The third-order valence-corrected chi connectivity index (χ3v) is 3.42. The minimum Gasteiger partial charge on any atom is -0.345 e. The standard InChI is InChI=1S/C11H12ClFN2O/c12-7-11(2-1-3-11)15-10(16)8-4-9(13)6-14-5-8/h4-6H,1-3,7H2,(H,15,16). The second kappa shape index (κ2) is 4.37. The van der Waals surface area contributed by atoms with Crippen molar-refractivity contribution in [1.82, 2.24) is 10.3 Å². The van der Waals surface area contributed by atoms with Crippen LogP contribution in [0.1, 0.15) is 29.6 Å². The van der Waals surface area contributed by atoms with Crippen molar-refractivity contribution in [2.75, 3.05) is 5.88 Å². The van der Waals surface area contributed by atoms with Gasteiger partial charge in [0.25, 0.3) is 5.91 Å². The van der Waals surface area contributed by atoms with E-state index in [1.165, 1.54) is 12.3 Å². The van der Waals surface area contributed by atoms with Gasteiger partial charge in [-0.1, -0.05) is 0 Å². The first-order chi connectivity index (χ1) is 7.65. The zero-order valence-corrected chi connectivity index (χ0v) is 9.43. The quantitative estimate of drug-likeness (QED) is 0.825. The van der Waals surface area contributed by atoms with E-state index in [-0.39, 0.29) is 17.0 Å². The third-order valence-electron chi connectivity index (χ3n) is 2.91. The highest BCUT2D eigenvalue weighted by Gasteiger charge is 2.37. The van der Waals surface area contributed by atoms with E-state index in [4.69, 9.17) is 11.6 Å². The molecule has 1 saturated carbocycles. The summed E-state index contributed by atoms with van der Waals surface area (Å²) >= 11 is 5.82. The van der Waals surface area contributed by atoms with Crippen LogP contribution in [0.15, 0.2) is 18.5 Å². The molecule has 0 atom stereocenters. The summed E-state index contributed by atoms with van der Waals surface area (Å²) in [6, 6.07) is 1.17. The van der Waals surface area contributed by atoms with E-state index in [0.29, 0.717) is 5.88 Å². The lowest BCUT2D eigenvalue weighted by Crippen LogP contribution is -2.55. The predicted molar refractivity (Wildman–Crippen MR) is 59.0 cm³/mol. The second-order valence-electron chi connectivity index (χ2n) is 4.11.